The highest BCUT2D eigenvalue weighted by Crippen LogP contribution is 2.40. The molecule has 1 heterocycles. The van der Waals surface area contributed by atoms with Crippen LogP contribution in [0.25, 0.3) is 10.2 Å². The van der Waals surface area contributed by atoms with Crippen molar-refractivity contribution in [2.45, 2.75) is 30.4 Å². The molecule has 3 aromatic rings. The lowest BCUT2D eigenvalue weighted by Crippen LogP contribution is -2.37. The smallest absolute Gasteiger partial charge is 0.233 e. The maximum absolute atomic E-state index is 13.4. The van der Waals surface area contributed by atoms with Crippen molar-refractivity contribution in [2.24, 2.45) is 0 Å². The number of hydrogen-bond donors (Lipinski definition) is 0. The fourth-order valence-electron chi connectivity index (χ4n) is 3.36. The molecule has 2 aromatic carbocycles. The lowest BCUT2D eigenvalue weighted by molar-refractivity contribution is -0.118. The van der Waals surface area contributed by atoms with Crippen molar-refractivity contribution in [1.29, 1.82) is 0 Å². The first-order chi connectivity index (χ1) is 16.1. The van der Waals surface area contributed by atoms with Crippen LogP contribution in [-0.2, 0) is 21.1 Å². The Morgan fingerprint density at radius 2 is 1.60 bits per heavy atom. The largest absolute Gasteiger partial charge is 0.495 e. The summed E-state index contributed by atoms with van der Waals surface area (Å²) in [6, 6.07) is 10.1. The van der Waals surface area contributed by atoms with Crippen LogP contribution >= 0.6 is 23.7 Å². The predicted octanol–water partition coefficient (Wildman–Crippen LogP) is 4.05. The van der Waals surface area contributed by atoms with Crippen molar-refractivity contribution >= 4 is 54.8 Å². The zero-order valence-electron chi connectivity index (χ0n) is 20.8. The van der Waals surface area contributed by atoms with Gasteiger partial charge in [0.2, 0.25) is 5.91 Å². The molecule has 8 nitrogen and oxygen atoms in total. The highest BCUT2D eigenvalue weighted by Gasteiger charge is 2.24. The second-order valence-corrected chi connectivity index (χ2v) is 11.9. The lowest BCUT2D eigenvalue weighted by Gasteiger charge is -2.22. The monoisotopic (exact) mass is 541 g/mol. The molecule has 0 radical (unpaired) electrons. The number of thiazole rings is 1. The Morgan fingerprint density at radius 3 is 2.14 bits per heavy atom. The van der Waals surface area contributed by atoms with Gasteiger partial charge in [0.25, 0.3) is 0 Å². The second kappa shape index (κ2) is 12.0. The van der Waals surface area contributed by atoms with Crippen molar-refractivity contribution in [1.82, 2.24) is 9.88 Å². The minimum absolute atomic E-state index is 0. The molecule has 0 atom stereocenters. The highest BCUT2D eigenvalue weighted by molar-refractivity contribution is 7.92. The van der Waals surface area contributed by atoms with E-state index < -0.39 is 15.1 Å². The lowest BCUT2D eigenvalue weighted by atomic mass is 10.1. The van der Waals surface area contributed by atoms with E-state index in [-0.39, 0.29) is 29.6 Å². The van der Waals surface area contributed by atoms with E-state index in [2.05, 4.69) is 0 Å². The number of nitrogens with zero attached hydrogens (tertiary/aromatic N) is 3. The summed E-state index contributed by atoms with van der Waals surface area (Å²) in [6.45, 7) is 4.41. The molecular formula is C24H32ClN3O5S2. The van der Waals surface area contributed by atoms with E-state index in [1.165, 1.54) is 11.3 Å². The number of methoxy groups -OCH3 is 2. The number of ether oxygens (including phenoxy) is 2. The van der Waals surface area contributed by atoms with Crippen LogP contribution < -0.4 is 14.4 Å². The van der Waals surface area contributed by atoms with E-state index in [0.29, 0.717) is 35.2 Å². The molecule has 0 fully saturated rings. The Morgan fingerprint density at radius 1 is 1.00 bits per heavy atom. The number of halogens is 1. The summed E-state index contributed by atoms with van der Waals surface area (Å²) >= 11 is 1.38. The number of amides is 1. The summed E-state index contributed by atoms with van der Waals surface area (Å²) in [6.07, 6.45) is 0.125. The molecule has 0 aliphatic carbocycles. The third kappa shape index (κ3) is 6.43. The molecule has 1 aromatic heterocycles. The van der Waals surface area contributed by atoms with Crippen LogP contribution in [0.2, 0.25) is 0 Å². The van der Waals surface area contributed by atoms with Crippen LogP contribution in [-0.4, -0.2) is 70.9 Å². The zero-order valence-corrected chi connectivity index (χ0v) is 23.2. The molecule has 0 aliphatic rings. The molecule has 0 saturated carbocycles. The average Bonchev–Trinajstić information content (AvgIpc) is 3.23. The second-order valence-electron chi connectivity index (χ2n) is 8.41. The first kappa shape index (κ1) is 28.8. The van der Waals surface area contributed by atoms with Crippen molar-refractivity contribution in [2.75, 3.05) is 46.3 Å². The third-order valence-corrected chi connectivity index (χ3v) is 8.69. The van der Waals surface area contributed by atoms with Crippen molar-refractivity contribution < 1.29 is 22.7 Å². The Bertz CT molecular complexity index is 1220. The summed E-state index contributed by atoms with van der Waals surface area (Å²) in [5, 5.41) is 0.0539. The van der Waals surface area contributed by atoms with Gasteiger partial charge in [0.1, 0.15) is 21.7 Å². The maximum atomic E-state index is 13.4. The van der Waals surface area contributed by atoms with Gasteiger partial charge in [0.05, 0.1) is 30.8 Å². The Balaban J connectivity index is 0.00000432. The van der Waals surface area contributed by atoms with Gasteiger partial charge in [-0.1, -0.05) is 23.5 Å². The van der Waals surface area contributed by atoms with Crippen LogP contribution in [0.1, 0.15) is 19.4 Å². The van der Waals surface area contributed by atoms with Crippen molar-refractivity contribution in [3.05, 3.63) is 42.0 Å². The SMILES string of the molecule is COc1ccc(OC)c2sc(N(CCN(C)C)C(=O)Cc3ccc(S(=O)(=O)C(C)C)cc3)nc12.Cl. The summed E-state index contributed by atoms with van der Waals surface area (Å²) in [4.78, 5) is 22.0. The van der Waals surface area contributed by atoms with E-state index in [1.54, 1.807) is 63.3 Å². The van der Waals surface area contributed by atoms with Crippen LogP contribution in [0.3, 0.4) is 0 Å². The maximum Gasteiger partial charge on any atom is 0.233 e. The van der Waals surface area contributed by atoms with E-state index in [9.17, 15) is 13.2 Å². The summed E-state index contributed by atoms with van der Waals surface area (Å²) in [5.41, 5.74) is 1.38. The molecule has 0 N–H and O–H groups in total. The molecule has 35 heavy (non-hydrogen) atoms. The quantitative estimate of drug-likeness (QED) is 0.382. The summed E-state index contributed by atoms with van der Waals surface area (Å²) in [7, 11) is 3.71. The molecule has 0 saturated heterocycles. The van der Waals surface area contributed by atoms with Crippen molar-refractivity contribution in [3.8, 4) is 11.5 Å². The number of sulfone groups is 1. The van der Waals surface area contributed by atoms with Crippen LogP contribution in [0.15, 0.2) is 41.3 Å². The van der Waals surface area contributed by atoms with E-state index in [4.69, 9.17) is 14.5 Å². The number of anilines is 1. The van der Waals surface area contributed by atoms with Crippen molar-refractivity contribution in [3.63, 3.8) is 0 Å². The van der Waals surface area contributed by atoms with Crippen LogP contribution in [0.4, 0.5) is 5.13 Å². The van der Waals surface area contributed by atoms with Gasteiger partial charge in [-0.15, -0.1) is 12.4 Å². The Kier molecular flexibility index (Phi) is 9.91. The van der Waals surface area contributed by atoms with Gasteiger partial charge in [0.15, 0.2) is 15.0 Å². The fourth-order valence-corrected chi connectivity index (χ4v) is 5.53. The number of benzene rings is 2. The third-order valence-electron chi connectivity index (χ3n) is 5.43. The van der Waals surface area contributed by atoms with Gasteiger partial charge in [-0.05, 0) is 57.8 Å². The number of rotatable bonds is 10. The van der Waals surface area contributed by atoms with E-state index in [0.717, 1.165) is 10.3 Å². The first-order valence-electron chi connectivity index (χ1n) is 10.9. The molecule has 11 heteroatoms. The fraction of sp³-hybridized carbons (Fsp3) is 0.417. The summed E-state index contributed by atoms with van der Waals surface area (Å²) in [5.74, 6) is 1.15. The molecule has 192 valence electrons. The van der Waals surface area contributed by atoms with Crippen LogP contribution in [0, 0.1) is 0 Å². The number of hydrogen-bond acceptors (Lipinski definition) is 8. The first-order valence-corrected chi connectivity index (χ1v) is 13.2. The van der Waals surface area contributed by atoms with E-state index in [1.807, 2.05) is 25.1 Å². The molecule has 1 amide bonds. The number of fused-ring (bicyclic) bond motifs is 1. The van der Waals surface area contributed by atoms with Gasteiger partial charge in [-0.2, -0.15) is 0 Å². The normalized spacial score (nSPS) is 11.5. The molecular weight excluding hydrogens is 510 g/mol. The molecule has 0 aliphatic heterocycles. The Hall–Kier alpha value is -2.40. The van der Waals surface area contributed by atoms with Gasteiger partial charge in [-0.3, -0.25) is 9.69 Å². The molecule has 0 bridgehead atoms. The molecule has 0 unspecified atom stereocenters. The van der Waals surface area contributed by atoms with E-state index >= 15 is 0 Å². The van der Waals surface area contributed by atoms with Gasteiger partial charge >= 0.3 is 0 Å². The minimum Gasteiger partial charge on any atom is -0.495 e. The minimum atomic E-state index is -3.36. The van der Waals surface area contributed by atoms with Gasteiger partial charge < -0.3 is 14.4 Å². The van der Waals surface area contributed by atoms with Crippen LogP contribution in [0.5, 0.6) is 11.5 Å². The average molecular weight is 542 g/mol. The number of aromatic nitrogens is 1. The molecule has 0 spiro atoms. The predicted molar refractivity (Wildman–Crippen MR) is 143 cm³/mol. The van der Waals surface area contributed by atoms with Gasteiger partial charge in [-0.25, -0.2) is 13.4 Å². The standard InChI is InChI=1S/C24H31N3O5S2.ClH/c1-16(2)34(29,30)18-9-7-17(8-10-18)15-21(28)27(14-13-26(3)4)24-25-22-19(31-5)11-12-20(32-6)23(22)33-24;/h7-12,16H,13-15H2,1-6H3;1H. The number of likely N-dealkylation sites (N-methyl/N-ethyl adjacent to an activating group) is 1. The topological polar surface area (TPSA) is 89.0 Å². The number of carbonyl (C=O) groups is 1. The molecule has 3 rings (SSSR count). The zero-order chi connectivity index (χ0) is 25.0. The highest BCUT2D eigenvalue weighted by atomic mass is 35.5. The van der Waals surface area contributed by atoms with Gasteiger partial charge in [0, 0.05) is 13.1 Å². The Labute approximate surface area is 217 Å². The number of carbonyl (C=O) groups excluding carboxylic acids is 1. The summed E-state index contributed by atoms with van der Waals surface area (Å²) < 4.78 is 36.5.